The fraction of sp³-hybridized carbons (Fsp3) is 0.235. The standard InChI is InChI=1S/C17H17BrO2/c1-10-5-11(2)7-13(6-10)14-9-16(18)12(3)8-15(14)17(19)20-4/h5-9H,1-4H3/i1D3,2D3,5D,6D,7D. The summed E-state index contributed by atoms with van der Waals surface area (Å²) in [5.41, 5.74) is -1.39. The average Bonchev–Trinajstić information content (AvgIpc) is 2.54. The highest BCUT2D eigenvalue weighted by Crippen LogP contribution is 2.31. The maximum atomic E-state index is 12.3. The lowest BCUT2D eigenvalue weighted by Crippen LogP contribution is -2.04. The summed E-state index contributed by atoms with van der Waals surface area (Å²) in [6, 6.07) is 0.545. The zero-order valence-corrected chi connectivity index (χ0v) is 12.4. The molecule has 0 bridgehead atoms. The molecule has 0 spiro atoms. The Labute approximate surface area is 140 Å². The Balaban J connectivity index is 3.14. The average molecular weight is 342 g/mol. The van der Waals surface area contributed by atoms with Crippen molar-refractivity contribution in [2.75, 3.05) is 7.11 Å². The summed E-state index contributed by atoms with van der Waals surface area (Å²) in [6.07, 6.45) is 0. The fourth-order valence-corrected chi connectivity index (χ4v) is 2.11. The van der Waals surface area contributed by atoms with Crippen molar-refractivity contribution in [2.45, 2.75) is 20.6 Å². The van der Waals surface area contributed by atoms with Crippen LogP contribution in [0.1, 0.15) is 39.4 Å². The summed E-state index contributed by atoms with van der Waals surface area (Å²) >= 11 is 3.29. The molecule has 0 aromatic heterocycles. The summed E-state index contributed by atoms with van der Waals surface area (Å²) in [5.74, 6) is -0.796. The Morgan fingerprint density at radius 3 is 2.45 bits per heavy atom. The molecule has 2 rings (SSSR count). The molecule has 0 atom stereocenters. The molecule has 0 saturated heterocycles. The number of carbonyl (C=O) groups excluding carboxylic acids is 1. The molecule has 0 aliphatic heterocycles. The third-order valence-corrected chi connectivity index (χ3v) is 3.58. The first-order chi connectivity index (χ1) is 13.1. The van der Waals surface area contributed by atoms with Gasteiger partial charge in [-0.25, -0.2) is 4.79 Å². The van der Waals surface area contributed by atoms with E-state index in [1.165, 1.54) is 12.1 Å². The molecule has 0 aliphatic carbocycles. The molecular weight excluding hydrogens is 316 g/mol. The van der Waals surface area contributed by atoms with Crippen molar-refractivity contribution in [3.63, 3.8) is 0 Å². The molecule has 3 heteroatoms. The van der Waals surface area contributed by atoms with Crippen LogP contribution in [0.2, 0.25) is 0 Å². The quantitative estimate of drug-likeness (QED) is 0.731. The highest BCUT2D eigenvalue weighted by Gasteiger charge is 2.15. The van der Waals surface area contributed by atoms with Crippen molar-refractivity contribution in [1.29, 1.82) is 0 Å². The van der Waals surface area contributed by atoms with E-state index in [-0.39, 0.29) is 16.7 Å². The van der Waals surface area contributed by atoms with E-state index in [1.54, 1.807) is 6.92 Å². The second-order valence-electron chi connectivity index (χ2n) is 4.14. The van der Waals surface area contributed by atoms with Gasteiger partial charge in [0.15, 0.2) is 0 Å². The second-order valence-corrected chi connectivity index (χ2v) is 4.99. The topological polar surface area (TPSA) is 26.3 Å². The molecule has 2 aromatic carbocycles. The van der Waals surface area contributed by atoms with Gasteiger partial charge in [-0.05, 0) is 49.5 Å². The highest BCUT2D eigenvalue weighted by atomic mass is 79.9. The van der Waals surface area contributed by atoms with E-state index in [9.17, 15) is 4.79 Å². The van der Waals surface area contributed by atoms with E-state index in [0.29, 0.717) is 10.0 Å². The summed E-state index contributed by atoms with van der Waals surface area (Å²) in [6.45, 7) is -4.24. The highest BCUT2D eigenvalue weighted by molar-refractivity contribution is 9.10. The van der Waals surface area contributed by atoms with Crippen LogP contribution >= 0.6 is 15.9 Å². The molecule has 2 aromatic rings. The molecule has 0 N–H and O–H groups in total. The van der Waals surface area contributed by atoms with Crippen LogP contribution in [0.3, 0.4) is 0 Å². The molecule has 0 amide bonds. The lowest BCUT2D eigenvalue weighted by atomic mass is 9.95. The van der Waals surface area contributed by atoms with Gasteiger partial charge in [0.1, 0.15) is 0 Å². The van der Waals surface area contributed by atoms with Gasteiger partial charge in [-0.3, -0.25) is 0 Å². The molecule has 0 unspecified atom stereocenters. The van der Waals surface area contributed by atoms with Crippen molar-refractivity contribution in [2.24, 2.45) is 0 Å². The number of esters is 1. The molecule has 0 radical (unpaired) electrons. The van der Waals surface area contributed by atoms with Crippen LogP contribution in [0.4, 0.5) is 0 Å². The van der Waals surface area contributed by atoms with Crippen molar-refractivity contribution in [3.05, 3.63) is 57.0 Å². The Morgan fingerprint density at radius 1 is 1.25 bits per heavy atom. The van der Waals surface area contributed by atoms with Crippen molar-refractivity contribution < 1.29 is 21.9 Å². The molecular formula is C17H17BrO2. The molecule has 0 saturated carbocycles. The maximum absolute atomic E-state index is 12.3. The van der Waals surface area contributed by atoms with E-state index in [1.807, 2.05) is 0 Å². The van der Waals surface area contributed by atoms with Crippen LogP contribution < -0.4 is 0 Å². The number of methoxy groups -OCH3 is 1. The summed E-state index contributed by atoms with van der Waals surface area (Å²) in [5, 5.41) is 0. The molecule has 0 aliphatic rings. The van der Waals surface area contributed by atoms with E-state index >= 15 is 0 Å². The van der Waals surface area contributed by atoms with Crippen LogP contribution in [0.25, 0.3) is 11.1 Å². The molecule has 0 fully saturated rings. The minimum absolute atomic E-state index is 0.0275. The third-order valence-electron chi connectivity index (χ3n) is 2.72. The van der Waals surface area contributed by atoms with Crippen LogP contribution in [0.5, 0.6) is 0 Å². The molecule has 20 heavy (non-hydrogen) atoms. The second kappa shape index (κ2) is 5.80. The van der Waals surface area contributed by atoms with E-state index < -0.39 is 48.9 Å². The lowest BCUT2D eigenvalue weighted by Gasteiger charge is -2.12. The summed E-state index contributed by atoms with van der Waals surface area (Å²) in [7, 11) is 1.14. The number of hydrogen-bond acceptors (Lipinski definition) is 2. The third kappa shape index (κ3) is 2.93. The van der Waals surface area contributed by atoms with E-state index in [4.69, 9.17) is 17.1 Å². The normalized spacial score (nSPS) is 18.2. The number of benzene rings is 2. The van der Waals surface area contributed by atoms with Gasteiger partial charge in [-0.1, -0.05) is 45.2 Å². The van der Waals surface area contributed by atoms with Gasteiger partial charge in [0.25, 0.3) is 0 Å². The van der Waals surface area contributed by atoms with Gasteiger partial charge in [0, 0.05) is 12.7 Å². The number of hydrogen-bond donors (Lipinski definition) is 0. The number of carbonyl (C=O) groups is 1. The van der Waals surface area contributed by atoms with Gasteiger partial charge >= 0.3 is 5.97 Å². The number of rotatable bonds is 2. The number of halogens is 1. The zero-order valence-electron chi connectivity index (χ0n) is 19.8. The maximum Gasteiger partial charge on any atom is 0.338 e. The molecule has 104 valence electrons. The Bertz CT molecular complexity index is 953. The number of ether oxygens (including phenoxy) is 1. The SMILES string of the molecule is [2H]c1c(-c2cc(Br)c(C)cc2C(=O)OC)c([2H])c(C([2H])([2H])[2H])c([2H])c1C([2H])([2H])[2H]. The van der Waals surface area contributed by atoms with Crippen LogP contribution in [-0.2, 0) is 4.74 Å². The predicted molar refractivity (Wildman–Crippen MR) is 85.1 cm³/mol. The minimum atomic E-state index is -2.97. The van der Waals surface area contributed by atoms with Crippen LogP contribution in [0.15, 0.2) is 34.7 Å². The molecule has 2 nitrogen and oxygen atoms in total. The van der Waals surface area contributed by atoms with Gasteiger partial charge in [0.2, 0.25) is 0 Å². The Hall–Kier alpha value is -1.61. The van der Waals surface area contributed by atoms with Crippen molar-refractivity contribution in [3.8, 4) is 11.1 Å². The van der Waals surface area contributed by atoms with Gasteiger partial charge < -0.3 is 4.74 Å². The first kappa shape index (κ1) is 6.90. The van der Waals surface area contributed by atoms with Crippen molar-refractivity contribution >= 4 is 21.9 Å². The zero-order chi connectivity index (χ0) is 22.5. The molecule has 0 heterocycles. The first-order valence-electron chi connectivity index (χ1n) is 10.2. The smallest absolute Gasteiger partial charge is 0.338 e. The predicted octanol–water partition coefficient (Wildman–Crippen LogP) is 4.83. The van der Waals surface area contributed by atoms with E-state index in [2.05, 4.69) is 15.9 Å². The summed E-state index contributed by atoms with van der Waals surface area (Å²) < 4.78 is 76.2. The monoisotopic (exact) mass is 341 g/mol. The summed E-state index contributed by atoms with van der Waals surface area (Å²) in [4.78, 5) is 12.3. The van der Waals surface area contributed by atoms with Crippen LogP contribution in [0, 0.1) is 20.6 Å². The van der Waals surface area contributed by atoms with Gasteiger partial charge in [0.05, 0.1) is 16.8 Å². The number of aryl methyl sites for hydroxylation is 1. The van der Waals surface area contributed by atoms with Crippen molar-refractivity contribution in [1.82, 2.24) is 0 Å². The first-order valence-corrected chi connectivity index (χ1v) is 6.45. The van der Waals surface area contributed by atoms with Gasteiger partial charge in [-0.2, -0.15) is 0 Å². The minimum Gasteiger partial charge on any atom is -0.465 e. The van der Waals surface area contributed by atoms with E-state index in [0.717, 1.165) is 7.11 Å². The van der Waals surface area contributed by atoms with Gasteiger partial charge in [-0.15, -0.1) is 0 Å². The lowest BCUT2D eigenvalue weighted by molar-refractivity contribution is 0.0601. The fourth-order valence-electron chi connectivity index (χ4n) is 1.77. The largest absolute Gasteiger partial charge is 0.465 e. The Morgan fingerprint density at radius 2 is 1.90 bits per heavy atom. The van der Waals surface area contributed by atoms with Crippen LogP contribution in [-0.4, -0.2) is 13.1 Å². The Kier molecular flexibility index (Phi) is 2.00.